The van der Waals surface area contributed by atoms with Gasteiger partial charge in [-0.1, -0.05) is 25.4 Å². The van der Waals surface area contributed by atoms with Crippen LogP contribution in [0.15, 0.2) is 6.20 Å². The SMILES string of the molecule is CC1(C)CC(c2nc(Cl)c3cnc(N[C@@H]4CCOC[C@H]4O)nn23)C1. The van der Waals surface area contributed by atoms with Gasteiger partial charge in [-0.3, -0.25) is 0 Å². The molecule has 1 aliphatic carbocycles. The largest absolute Gasteiger partial charge is 0.389 e. The highest BCUT2D eigenvalue weighted by atomic mass is 35.5. The summed E-state index contributed by atoms with van der Waals surface area (Å²) in [6.45, 7) is 5.47. The van der Waals surface area contributed by atoms with Crippen LogP contribution in [-0.4, -0.2) is 50.0 Å². The summed E-state index contributed by atoms with van der Waals surface area (Å²) >= 11 is 6.25. The predicted molar refractivity (Wildman–Crippen MR) is 90.4 cm³/mol. The van der Waals surface area contributed by atoms with E-state index in [4.69, 9.17) is 16.3 Å². The average Bonchev–Trinajstić information content (AvgIpc) is 2.84. The van der Waals surface area contributed by atoms with Gasteiger partial charge in [0.05, 0.1) is 24.9 Å². The first-order chi connectivity index (χ1) is 11.4. The van der Waals surface area contributed by atoms with Crippen LogP contribution in [0, 0.1) is 5.41 Å². The zero-order chi connectivity index (χ0) is 16.9. The Hall–Kier alpha value is -1.44. The molecule has 2 fully saturated rings. The fourth-order valence-electron chi connectivity index (χ4n) is 3.72. The van der Waals surface area contributed by atoms with E-state index in [1.165, 1.54) is 0 Å². The summed E-state index contributed by atoms with van der Waals surface area (Å²) < 4.78 is 7.05. The van der Waals surface area contributed by atoms with Crippen LogP contribution in [0.2, 0.25) is 5.15 Å². The molecule has 2 atom stereocenters. The fraction of sp³-hybridized carbons (Fsp3) is 0.688. The number of halogens is 1. The number of fused-ring (bicyclic) bond motifs is 1. The summed E-state index contributed by atoms with van der Waals surface area (Å²) in [4.78, 5) is 8.83. The van der Waals surface area contributed by atoms with Crippen molar-refractivity contribution in [2.24, 2.45) is 5.41 Å². The molecule has 0 aromatic carbocycles. The number of aliphatic hydroxyl groups excluding tert-OH is 1. The van der Waals surface area contributed by atoms with Crippen LogP contribution >= 0.6 is 11.6 Å². The minimum absolute atomic E-state index is 0.110. The van der Waals surface area contributed by atoms with Crippen LogP contribution in [0.25, 0.3) is 5.52 Å². The molecule has 7 nitrogen and oxygen atoms in total. The zero-order valence-corrected chi connectivity index (χ0v) is 14.6. The third kappa shape index (κ3) is 2.85. The Morgan fingerprint density at radius 2 is 2.21 bits per heavy atom. The Labute approximate surface area is 145 Å². The molecule has 2 N–H and O–H groups in total. The summed E-state index contributed by atoms with van der Waals surface area (Å²) in [5.74, 6) is 1.74. The van der Waals surface area contributed by atoms with Crippen molar-refractivity contribution in [1.29, 1.82) is 0 Å². The van der Waals surface area contributed by atoms with Crippen molar-refractivity contribution in [3.8, 4) is 0 Å². The van der Waals surface area contributed by atoms with E-state index in [0.717, 1.165) is 30.6 Å². The highest BCUT2D eigenvalue weighted by Crippen LogP contribution is 2.50. The maximum Gasteiger partial charge on any atom is 0.241 e. The maximum absolute atomic E-state index is 10.0. The van der Waals surface area contributed by atoms with Gasteiger partial charge in [0.15, 0.2) is 5.15 Å². The lowest BCUT2D eigenvalue weighted by Crippen LogP contribution is -2.42. The molecular formula is C16H22ClN5O2. The Kier molecular flexibility index (Phi) is 3.89. The number of aromatic nitrogens is 4. The van der Waals surface area contributed by atoms with Crippen LogP contribution in [0.1, 0.15) is 44.9 Å². The number of imidazole rings is 1. The lowest BCUT2D eigenvalue weighted by molar-refractivity contribution is -0.0136. The first-order valence-corrected chi connectivity index (χ1v) is 8.74. The van der Waals surface area contributed by atoms with E-state index in [0.29, 0.717) is 35.6 Å². The van der Waals surface area contributed by atoms with Gasteiger partial charge in [0.1, 0.15) is 11.3 Å². The molecule has 24 heavy (non-hydrogen) atoms. The van der Waals surface area contributed by atoms with Crippen molar-refractivity contribution in [3.63, 3.8) is 0 Å². The molecule has 2 aromatic heterocycles. The van der Waals surface area contributed by atoms with Gasteiger partial charge in [0, 0.05) is 12.5 Å². The van der Waals surface area contributed by atoms with Crippen molar-refractivity contribution in [3.05, 3.63) is 17.2 Å². The Morgan fingerprint density at radius 1 is 1.42 bits per heavy atom. The number of nitrogens with one attached hydrogen (secondary N) is 1. The van der Waals surface area contributed by atoms with Gasteiger partial charge >= 0.3 is 0 Å². The fourth-order valence-corrected chi connectivity index (χ4v) is 3.93. The van der Waals surface area contributed by atoms with Crippen LogP contribution in [0.3, 0.4) is 0 Å². The molecule has 4 rings (SSSR count). The summed E-state index contributed by atoms with van der Waals surface area (Å²) in [5, 5.41) is 18.2. The summed E-state index contributed by atoms with van der Waals surface area (Å²) in [5.41, 5.74) is 1.07. The quantitative estimate of drug-likeness (QED) is 0.882. The van der Waals surface area contributed by atoms with Gasteiger partial charge in [-0.15, -0.1) is 5.10 Å². The lowest BCUT2D eigenvalue weighted by atomic mass is 9.64. The molecule has 1 saturated heterocycles. The van der Waals surface area contributed by atoms with Gasteiger partial charge in [-0.2, -0.15) is 0 Å². The molecule has 3 heterocycles. The smallest absolute Gasteiger partial charge is 0.241 e. The Bertz CT molecular complexity index is 754. The summed E-state index contributed by atoms with van der Waals surface area (Å²) in [7, 11) is 0. The molecule has 0 unspecified atom stereocenters. The van der Waals surface area contributed by atoms with E-state index >= 15 is 0 Å². The van der Waals surface area contributed by atoms with Crippen LogP contribution in [0.4, 0.5) is 5.95 Å². The summed E-state index contributed by atoms with van der Waals surface area (Å²) in [6, 6.07) is -0.110. The Morgan fingerprint density at radius 3 is 2.92 bits per heavy atom. The lowest BCUT2D eigenvalue weighted by Gasteiger charge is -2.41. The molecule has 130 valence electrons. The number of anilines is 1. The first-order valence-electron chi connectivity index (χ1n) is 8.36. The topological polar surface area (TPSA) is 84.6 Å². The molecule has 1 saturated carbocycles. The van der Waals surface area contributed by atoms with E-state index in [-0.39, 0.29) is 6.04 Å². The van der Waals surface area contributed by atoms with Crippen molar-refractivity contribution in [2.75, 3.05) is 18.5 Å². The van der Waals surface area contributed by atoms with Gasteiger partial charge in [0.25, 0.3) is 0 Å². The van der Waals surface area contributed by atoms with Crippen LogP contribution in [0.5, 0.6) is 0 Å². The monoisotopic (exact) mass is 351 g/mol. The number of ether oxygens (including phenoxy) is 1. The summed E-state index contributed by atoms with van der Waals surface area (Å²) in [6.07, 6.45) is 4.00. The molecule has 0 spiro atoms. The van der Waals surface area contributed by atoms with Crippen molar-refractivity contribution < 1.29 is 9.84 Å². The van der Waals surface area contributed by atoms with Gasteiger partial charge in [-0.05, 0) is 24.7 Å². The minimum atomic E-state index is -0.559. The average molecular weight is 352 g/mol. The molecule has 0 radical (unpaired) electrons. The van der Waals surface area contributed by atoms with Gasteiger partial charge in [-0.25, -0.2) is 14.5 Å². The second-order valence-electron chi connectivity index (χ2n) is 7.59. The number of hydrogen-bond donors (Lipinski definition) is 2. The second-order valence-corrected chi connectivity index (χ2v) is 7.95. The molecule has 8 heteroatoms. The predicted octanol–water partition coefficient (Wildman–Crippen LogP) is 2.24. The Balaban J connectivity index is 1.62. The molecule has 1 aliphatic heterocycles. The number of nitrogens with zero attached hydrogens (tertiary/aromatic N) is 4. The van der Waals surface area contributed by atoms with E-state index in [1.54, 1.807) is 10.7 Å². The second kappa shape index (κ2) is 5.82. The van der Waals surface area contributed by atoms with Crippen molar-refractivity contribution >= 4 is 23.1 Å². The molecule has 0 amide bonds. The number of hydrogen-bond acceptors (Lipinski definition) is 6. The third-order valence-electron chi connectivity index (χ3n) is 4.98. The first kappa shape index (κ1) is 16.1. The van der Waals surface area contributed by atoms with Crippen molar-refractivity contribution in [2.45, 2.75) is 51.2 Å². The van der Waals surface area contributed by atoms with Gasteiger partial charge < -0.3 is 15.2 Å². The van der Waals surface area contributed by atoms with E-state index in [9.17, 15) is 5.11 Å². The van der Waals surface area contributed by atoms with E-state index in [2.05, 4.69) is 34.2 Å². The zero-order valence-electron chi connectivity index (χ0n) is 13.9. The minimum Gasteiger partial charge on any atom is -0.389 e. The molecule has 0 bridgehead atoms. The normalized spacial score (nSPS) is 27.2. The highest BCUT2D eigenvalue weighted by molar-refractivity contribution is 6.32. The van der Waals surface area contributed by atoms with Crippen molar-refractivity contribution in [1.82, 2.24) is 19.6 Å². The van der Waals surface area contributed by atoms with Crippen LogP contribution < -0.4 is 5.32 Å². The molecule has 2 aliphatic rings. The van der Waals surface area contributed by atoms with E-state index < -0.39 is 6.10 Å². The van der Waals surface area contributed by atoms with Gasteiger partial charge in [0.2, 0.25) is 5.95 Å². The maximum atomic E-state index is 10.0. The number of aliphatic hydroxyl groups is 1. The standard InChI is InChI=1S/C16H22ClN5O2/c1-16(2)5-9(6-16)14-20-13(17)11-7-18-15(21-22(11)14)19-10-3-4-24-8-12(10)23/h7,9-10,12,23H,3-6,8H2,1-2H3,(H,19,21)/t10-,12-/m1/s1. The molecular weight excluding hydrogens is 330 g/mol. The third-order valence-corrected chi connectivity index (χ3v) is 5.26. The van der Waals surface area contributed by atoms with Crippen LogP contribution in [-0.2, 0) is 4.74 Å². The highest BCUT2D eigenvalue weighted by Gasteiger charge is 2.39. The number of rotatable bonds is 3. The molecule has 2 aromatic rings. The van der Waals surface area contributed by atoms with E-state index in [1.807, 2.05) is 0 Å².